The van der Waals surface area contributed by atoms with E-state index < -0.39 is 8.60 Å². The van der Waals surface area contributed by atoms with Gasteiger partial charge in [-0.05, 0) is 21.8 Å². The first-order valence-electron chi connectivity index (χ1n) is 7.69. The second kappa shape index (κ2) is 6.11. The van der Waals surface area contributed by atoms with Gasteiger partial charge in [0, 0.05) is 11.1 Å². The summed E-state index contributed by atoms with van der Waals surface area (Å²) in [5.74, 6) is 0.615. The van der Waals surface area contributed by atoms with Crippen molar-refractivity contribution in [2.75, 3.05) is 0 Å². The summed E-state index contributed by atoms with van der Waals surface area (Å²) in [6.07, 6.45) is 0. The van der Waals surface area contributed by atoms with Crippen LogP contribution in [0.1, 0.15) is 79.0 Å². The Labute approximate surface area is 136 Å². The Morgan fingerprint density at radius 1 is 0.727 bits per heavy atom. The third-order valence-electron chi connectivity index (χ3n) is 3.74. The van der Waals surface area contributed by atoms with Gasteiger partial charge in [-0.2, -0.15) is 0 Å². The third-order valence-corrected chi connectivity index (χ3v) is 4.09. The van der Waals surface area contributed by atoms with Crippen LogP contribution < -0.4 is 4.52 Å². The molecule has 4 heteroatoms. The molecule has 2 N–H and O–H groups in total. The lowest BCUT2D eigenvalue weighted by Gasteiger charge is -2.32. The van der Waals surface area contributed by atoms with E-state index in [-0.39, 0.29) is 16.2 Å². The highest BCUT2D eigenvalue weighted by Crippen LogP contribution is 2.46. The molecule has 3 nitrogen and oxygen atoms in total. The summed E-state index contributed by atoms with van der Waals surface area (Å²) in [6.45, 7) is 19.3. The maximum Gasteiger partial charge on any atom is 0.391 e. The largest absolute Gasteiger partial charge is 0.426 e. The Morgan fingerprint density at radius 3 is 1.32 bits per heavy atom. The van der Waals surface area contributed by atoms with Crippen LogP contribution in [0.5, 0.6) is 5.75 Å². The number of rotatable bonds is 2. The van der Waals surface area contributed by atoms with Crippen molar-refractivity contribution in [1.29, 1.82) is 0 Å². The van der Waals surface area contributed by atoms with E-state index in [0.29, 0.717) is 5.75 Å². The SMILES string of the molecule is CC(C)(C)c1cc(C(C)(C)C)c(OP(O)O)c(C(C)(C)C)c1. The molecule has 1 aromatic carbocycles. The first-order chi connectivity index (χ1) is 9.64. The number of benzene rings is 1. The Kier molecular flexibility index (Phi) is 5.39. The van der Waals surface area contributed by atoms with Crippen molar-refractivity contribution >= 4 is 8.60 Å². The van der Waals surface area contributed by atoms with Crippen molar-refractivity contribution in [3.8, 4) is 5.75 Å². The van der Waals surface area contributed by atoms with Crippen molar-refractivity contribution in [1.82, 2.24) is 0 Å². The standard InChI is InChI=1S/C18H31O3P/c1-16(2,3)12-10-13(17(4,5)6)15(21-22(19)20)14(11-12)18(7,8)9/h10-11,19-20H,1-9H3. The molecule has 0 spiro atoms. The minimum Gasteiger partial charge on any atom is -0.426 e. The fourth-order valence-electron chi connectivity index (χ4n) is 2.36. The molecule has 0 saturated carbocycles. The number of hydrogen-bond donors (Lipinski definition) is 2. The van der Waals surface area contributed by atoms with Crippen LogP contribution in [0.25, 0.3) is 0 Å². The highest BCUT2D eigenvalue weighted by atomic mass is 31.2. The lowest BCUT2D eigenvalue weighted by Crippen LogP contribution is -2.22. The van der Waals surface area contributed by atoms with Gasteiger partial charge in [-0.25, -0.2) is 0 Å². The molecule has 0 unspecified atom stereocenters. The summed E-state index contributed by atoms with van der Waals surface area (Å²) < 4.78 is 5.47. The van der Waals surface area contributed by atoms with Gasteiger partial charge in [0.2, 0.25) is 0 Å². The van der Waals surface area contributed by atoms with Crippen LogP contribution in [-0.4, -0.2) is 9.79 Å². The second-order valence-corrected chi connectivity index (χ2v) is 9.68. The molecule has 0 atom stereocenters. The zero-order valence-corrected chi connectivity index (χ0v) is 16.3. The average Bonchev–Trinajstić information content (AvgIpc) is 2.23. The molecule has 0 aliphatic carbocycles. The fraction of sp³-hybridized carbons (Fsp3) is 0.667. The van der Waals surface area contributed by atoms with Crippen LogP contribution >= 0.6 is 8.60 Å². The third kappa shape index (κ3) is 4.68. The van der Waals surface area contributed by atoms with E-state index in [1.54, 1.807) is 0 Å². The van der Waals surface area contributed by atoms with E-state index in [2.05, 4.69) is 74.4 Å². The highest BCUT2D eigenvalue weighted by Gasteiger charge is 2.31. The molecule has 0 bridgehead atoms. The van der Waals surface area contributed by atoms with E-state index in [1.807, 2.05) is 0 Å². The Hall–Kier alpha value is -0.630. The van der Waals surface area contributed by atoms with Crippen molar-refractivity contribution < 1.29 is 14.3 Å². The monoisotopic (exact) mass is 326 g/mol. The molecular weight excluding hydrogens is 295 g/mol. The molecule has 0 amide bonds. The average molecular weight is 326 g/mol. The minimum absolute atomic E-state index is 0.0156. The second-order valence-electron chi connectivity index (χ2n) is 8.99. The van der Waals surface area contributed by atoms with Gasteiger partial charge in [0.05, 0.1) is 0 Å². The predicted octanol–water partition coefficient (Wildman–Crippen LogP) is 5.17. The molecule has 0 fully saturated rings. The van der Waals surface area contributed by atoms with E-state index in [1.165, 1.54) is 5.56 Å². The van der Waals surface area contributed by atoms with Crippen molar-refractivity contribution in [2.24, 2.45) is 0 Å². The van der Waals surface area contributed by atoms with Gasteiger partial charge in [0.15, 0.2) is 0 Å². The zero-order chi connectivity index (χ0) is 17.5. The molecule has 0 aliphatic heterocycles. The van der Waals surface area contributed by atoms with Gasteiger partial charge < -0.3 is 14.3 Å². The molecule has 126 valence electrons. The summed E-state index contributed by atoms with van der Waals surface area (Å²) in [5, 5.41) is 0. The van der Waals surface area contributed by atoms with Gasteiger partial charge in [0.1, 0.15) is 5.75 Å². The summed E-state index contributed by atoms with van der Waals surface area (Å²) >= 11 is 0. The Bertz CT molecular complexity index is 494. The molecule has 0 heterocycles. The van der Waals surface area contributed by atoms with E-state index in [9.17, 15) is 9.79 Å². The van der Waals surface area contributed by atoms with Crippen LogP contribution in [0.15, 0.2) is 12.1 Å². The molecule has 0 saturated heterocycles. The molecular formula is C18H31O3P. The zero-order valence-electron chi connectivity index (χ0n) is 15.4. The highest BCUT2D eigenvalue weighted by molar-refractivity contribution is 7.39. The molecule has 0 aliphatic rings. The normalized spacial score (nSPS) is 13.6. The van der Waals surface area contributed by atoms with Gasteiger partial charge in [-0.1, -0.05) is 74.4 Å². The van der Waals surface area contributed by atoms with Crippen molar-refractivity contribution in [3.05, 3.63) is 28.8 Å². The van der Waals surface area contributed by atoms with E-state index in [0.717, 1.165) is 11.1 Å². The molecule has 1 aromatic rings. The summed E-state index contributed by atoms with van der Waals surface area (Å²) in [7, 11) is -2.44. The fourth-order valence-corrected chi connectivity index (χ4v) is 2.72. The minimum atomic E-state index is -2.44. The first kappa shape index (κ1) is 19.4. The van der Waals surface area contributed by atoms with Crippen LogP contribution in [0.3, 0.4) is 0 Å². The van der Waals surface area contributed by atoms with Crippen LogP contribution in [0.2, 0.25) is 0 Å². The Morgan fingerprint density at radius 2 is 1.09 bits per heavy atom. The summed E-state index contributed by atoms with van der Waals surface area (Å²) in [5.41, 5.74) is 2.97. The van der Waals surface area contributed by atoms with Gasteiger partial charge in [-0.15, -0.1) is 0 Å². The van der Waals surface area contributed by atoms with E-state index in [4.69, 9.17) is 4.52 Å². The van der Waals surface area contributed by atoms with Crippen LogP contribution in [0.4, 0.5) is 0 Å². The van der Waals surface area contributed by atoms with Crippen LogP contribution in [-0.2, 0) is 16.2 Å². The van der Waals surface area contributed by atoms with Crippen molar-refractivity contribution in [2.45, 2.75) is 78.6 Å². The molecule has 0 radical (unpaired) electrons. The smallest absolute Gasteiger partial charge is 0.391 e. The molecule has 22 heavy (non-hydrogen) atoms. The first-order valence-corrected chi connectivity index (χ1v) is 8.86. The molecule has 1 rings (SSSR count). The summed E-state index contributed by atoms with van der Waals surface area (Å²) in [6, 6.07) is 4.28. The number of hydrogen-bond acceptors (Lipinski definition) is 3. The van der Waals surface area contributed by atoms with Gasteiger partial charge >= 0.3 is 8.60 Å². The lowest BCUT2D eigenvalue weighted by molar-refractivity contribution is 0.363. The van der Waals surface area contributed by atoms with Gasteiger partial charge in [0.25, 0.3) is 0 Å². The van der Waals surface area contributed by atoms with E-state index >= 15 is 0 Å². The maximum absolute atomic E-state index is 9.41. The summed E-state index contributed by atoms with van der Waals surface area (Å²) in [4.78, 5) is 18.8. The lowest BCUT2D eigenvalue weighted by atomic mass is 9.75. The maximum atomic E-state index is 9.41. The molecule has 0 aromatic heterocycles. The van der Waals surface area contributed by atoms with Gasteiger partial charge in [-0.3, -0.25) is 0 Å². The Balaban J connectivity index is 3.78. The quantitative estimate of drug-likeness (QED) is 0.737. The topological polar surface area (TPSA) is 49.7 Å². The van der Waals surface area contributed by atoms with Crippen LogP contribution in [0, 0.1) is 0 Å². The predicted molar refractivity (Wildman–Crippen MR) is 94.5 cm³/mol. The van der Waals surface area contributed by atoms with Crippen molar-refractivity contribution in [3.63, 3.8) is 0 Å².